The van der Waals surface area contributed by atoms with Gasteiger partial charge in [0.1, 0.15) is 29.3 Å². The van der Waals surface area contributed by atoms with Gasteiger partial charge in [0.25, 0.3) is 16.6 Å². The van der Waals surface area contributed by atoms with E-state index in [0.717, 1.165) is 22.6 Å². The maximum absolute atomic E-state index is 12.8. The second-order valence-corrected chi connectivity index (χ2v) is 22.0. The molecule has 3 rings (SSSR count). The van der Waals surface area contributed by atoms with Gasteiger partial charge in [-0.05, 0) is 60.0 Å². The van der Waals surface area contributed by atoms with Crippen molar-refractivity contribution in [2.24, 2.45) is 0 Å². The molecule has 7 heteroatoms. The third kappa shape index (κ3) is 5.46. The maximum Gasteiger partial charge on any atom is 0.317 e. The van der Waals surface area contributed by atoms with Gasteiger partial charge in [-0.1, -0.05) is 65.8 Å². The zero-order valence-electron chi connectivity index (χ0n) is 23.2. The van der Waals surface area contributed by atoms with Crippen LogP contribution in [0.2, 0.25) is 36.3 Å². The quantitative estimate of drug-likeness (QED) is 0.290. The van der Waals surface area contributed by atoms with E-state index in [0.29, 0.717) is 5.75 Å². The van der Waals surface area contributed by atoms with Gasteiger partial charge in [0, 0.05) is 5.56 Å². The molecule has 0 saturated heterocycles. The van der Waals surface area contributed by atoms with Gasteiger partial charge in [0.15, 0.2) is 0 Å². The average Bonchev–Trinajstić information content (AvgIpc) is 3.12. The summed E-state index contributed by atoms with van der Waals surface area (Å²) < 4.78 is 25.0. The van der Waals surface area contributed by atoms with Crippen molar-refractivity contribution >= 4 is 22.6 Å². The van der Waals surface area contributed by atoms with E-state index in [2.05, 4.69) is 67.7 Å². The van der Waals surface area contributed by atoms with Crippen LogP contribution in [0, 0.1) is 0 Å². The van der Waals surface area contributed by atoms with Crippen molar-refractivity contribution in [1.29, 1.82) is 0 Å². The zero-order chi connectivity index (χ0) is 26.4. The van der Waals surface area contributed by atoms with Crippen LogP contribution < -0.4 is 13.6 Å². The molecule has 2 aromatic carbocycles. The lowest BCUT2D eigenvalue weighted by molar-refractivity contribution is -0.144. The fraction of sp³-hybridized carbons (Fsp3) is 0.536. The van der Waals surface area contributed by atoms with E-state index in [1.165, 1.54) is 7.11 Å². The van der Waals surface area contributed by atoms with Crippen LogP contribution in [0.5, 0.6) is 17.2 Å². The molecule has 2 atom stereocenters. The predicted molar refractivity (Wildman–Crippen MR) is 147 cm³/mol. The molecule has 0 saturated carbocycles. The lowest BCUT2D eigenvalue weighted by Crippen LogP contribution is -2.45. The number of hydrogen-bond acceptors (Lipinski definition) is 5. The van der Waals surface area contributed by atoms with Crippen LogP contribution in [0.4, 0.5) is 0 Å². The van der Waals surface area contributed by atoms with Gasteiger partial charge in [-0.25, -0.2) is 0 Å². The number of methoxy groups -OCH3 is 1. The highest BCUT2D eigenvalue weighted by atomic mass is 28.4. The topological polar surface area (TPSA) is 54.0 Å². The van der Waals surface area contributed by atoms with Crippen LogP contribution in [-0.2, 0) is 9.53 Å². The fourth-order valence-corrected chi connectivity index (χ4v) is 5.61. The Hall–Kier alpha value is -2.26. The molecule has 35 heavy (non-hydrogen) atoms. The monoisotopic (exact) mass is 514 g/mol. The molecule has 0 aliphatic carbocycles. The van der Waals surface area contributed by atoms with Crippen molar-refractivity contribution in [1.82, 2.24) is 0 Å². The second kappa shape index (κ2) is 9.32. The number of benzene rings is 2. The molecule has 0 N–H and O–H groups in total. The van der Waals surface area contributed by atoms with Crippen molar-refractivity contribution in [2.75, 3.05) is 7.11 Å². The smallest absolute Gasteiger partial charge is 0.317 e. The van der Waals surface area contributed by atoms with E-state index in [1.807, 2.05) is 42.5 Å². The summed E-state index contributed by atoms with van der Waals surface area (Å²) in [7, 11) is -2.85. The van der Waals surface area contributed by atoms with E-state index >= 15 is 0 Å². The van der Waals surface area contributed by atoms with Crippen LogP contribution in [0.1, 0.15) is 64.7 Å². The van der Waals surface area contributed by atoms with Gasteiger partial charge in [0.2, 0.25) is 0 Å². The van der Waals surface area contributed by atoms with Crippen molar-refractivity contribution in [3.63, 3.8) is 0 Å². The normalized spacial score (nSPS) is 18.5. The molecule has 0 amide bonds. The number of rotatable bonds is 6. The molecule has 0 bridgehead atoms. The minimum absolute atomic E-state index is 0.0197. The predicted octanol–water partition coefficient (Wildman–Crippen LogP) is 7.84. The number of carbonyl (C=O) groups excluding carboxylic acids is 1. The Balaban J connectivity index is 2.10. The summed E-state index contributed by atoms with van der Waals surface area (Å²) in [6.45, 7) is 22.3. The van der Waals surface area contributed by atoms with Crippen molar-refractivity contribution in [3.05, 3.63) is 53.6 Å². The van der Waals surface area contributed by atoms with Gasteiger partial charge in [-0.3, -0.25) is 4.79 Å². The van der Waals surface area contributed by atoms with Crippen molar-refractivity contribution in [2.45, 2.75) is 89.8 Å². The second-order valence-electron chi connectivity index (χ2n) is 12.5. The van der Waals surface area contributed by atoms with E-state index in [-0.39, 0.29) is 16.0 Å². The molecule has 2 aromatic rings. The summed E-state index contributed by atoms with van der Waals surface area (Å²) in [5.74, 6) is 1.34. The highest BCUT2D eigenvalue weighted by molar-refractivity contribution is 6.75. The molecule has 0 aromatic heterocycles. The number of hydrogen-bond donors (Lipinski definition) is 0. The lowest BCUT2D eigenvalue weighted by Gasteiger charge is -2.40. The Morgan fingerprint density at radius 3 is 1.91 bits per heavy atom. The number of fused-ring (bicyclic) bond motifs is 1. The molecule has 5 nitrogen and oxygen atoms in total. The van der Waals surface area contributed by atoms with E-state index in [9.17, 15) is 4.79 Å². The van der Waals surface area contributed by atoms with Crippen molar-refractivity contribution in [3.8, 4) is 17.2 Å². The van der Waals surface area contributed by atoms with Crippen LogP contribution in [0.15, 0.2) is 42.5 Å². The van der Waals surface area contributed by atoms with Gasteiger partial charge < -0.3 is 18.3 Å². The summed E-state index contributed by atoms with van der Waals surface area (Å²) in [6, 6.07) is 13.6. The summed E-state index contributed by atoms with van der Waals surface area (Å²) in [6.07, 6.45) is -0.497. The molecule has 0 fully saturated rings. The first-order valence-corrected chi connectivity index (χ1v) is 18.2. The van der Waals surface area contributed by atoms with E-state index in [1.54, 1.807) is 0 Å². The number of ether oxygens (including phenoxy) is 2. The van der Waals surface area contributed by atoms with Crippen LogP contribution in [0.25, 0.3) is 0 Å². The summed E-state index contributed by atoms with van der Waals surface area (Å²) >= 11 is 0. The van der Waals surface area contributed by atoms with Gasteiger partial charge in [-0.2, -0.15) is 0 Å². The third-order valence-corrected chi connectivity index (χ3v) is 16.6. The number of para-hydroxylation sites is 1. The third-order valence-electron chi connectivity index (χ3n) is 7.90. The number of carbonyl (C=O) groups is 1. The number of esters is 1. The molecule has 0 unspecified atom stereocenters. The Bertz CT molecular complexity index is 1080. The van der Waals surface area contributed by atoms with Crippen molar-refractivity contribution < 1.29 is 23.1 Å². The standard InChI is InChI=1S/C28H42O5Si2/c1-27(2,3)34(8,9)32-22-17-16-19(18-23(22)33-35(10,11)28(4,5)6)25-24(26(29)30-7)20-14-12-13-15-21(20)31-25/h12-18,24-25H,1-11H3/t24-,25-/m0/s1. The Morgan fingerprint density at radius 1 is 0.829 bits per heavy atom. The molecule has 0 radical (unpaired) electrons. The van der Waals surface area contributed by atoms with E-state index < -0.39 is 28.7 Å². The average molecular weight is 515 g/mol. The summed E-state index contributed by atoms with van der Waals surface area (Å²) in [4.78, 5) is 12.8. The maximum atomic E-state index is 12.8. The SMILES string of the molecule is COC(=O)[C@H]1c2ccccc2O[C@H]1c1ccc(O[Si](C)(C)C(C)(C)C)c(O[Si](C)(C)C(C)(C)C)c1. The lowest BCUT2D eigenvalue weighted by atomic mass is 9.91. The first-order chi connectivity index (χ1) is 16.0. The zero-order valence-corrected chi connectivity index (χ0v) is 25.2. The molecular weight excluding hydrogens is 472 g/mol. The molecule has 192 valence electrons. The minimum Gasteiger partial charge on any atom is -0.541 e. The van der Waals surface area contributed by atoms with Crippen LogP contribution in [0.3, 0.4) is 0 Å². The van der Waals surface area contributed by atoms with Crippen LogP contribution in [-0.4, -0.2) is 29.7 Å². The first-order valence-electron chi connectivity index (χ1n) is 12.3. The van der Waals surface area contributed by atoms with Gasteiger partial charge in [0.05, 0.1) is 7.11 Å². The van der Waals surface area contributed by atoms with Gasteiger partial charge >= 0.3 is 5.97 Å². The largest absolute Gasteiger partial charge is 0.541 e. The Labute approximate surface area is 213 Å². The highest BCUT2D eigenvalue weighted by Gasteiger charge is 2.44. The van der Waals surface area contributed by atoms with Gasteiger partial charge in [-0.15, -0.1) is 0 Å². The minimum atomic E-state index is -2.17. The Morgan fingerprint density at radius 2 is 1.37 bits per heavy atom. The first kappa shape index (κ1) is 27.3. The molecule has 1 aliphatic rings. The van der Waals surface area contributed by atoms with Crippen LogP contribution >= 0.6 is 0 Å². The fourth-order valence-electron chi connectivity index (χ4n) is 3.57. The Kier molecular flexibility index (Phi) is 7.28. The summed E-state index contributed by atoms with van der Waals surface area (Å²) in [5.41, 5.74) is 1.71. The molecule has 0 spiro atoms. The van der Waals surface area contributed by atoms with E-state index in [4.69, 9.17) is 18.3 Å². The highest BCUT2D eigenvalue weighted by Crippen LogP contribution is 2.49. The summed E-state index contributed by atoms with van der Waals surface area (Å²) in [5, 5.41) is 0.0675. The molecular formula is C28H42O5Si2. The molecule has 1 aliphatic heterocycles. The molecule has 1 heterocycles.